The van der Waals surface area contributed by atoms with Gasteiger partial charge in [0.05, 0.1) is 12.0 Å². The summed E-state index contributed by atoms with van der Waals surface area (Å²) in [7, 11) is 0. The quantitative estimate of drug-likeness (QED) is 0.347. The van der Waals surface area contributed by atoms with E-state index in [2.05, 4.69) is 9.97 Å². The van der Waals surface area contributed by atoms with Crippen molar-refractivity contribution in [1.82, 2.24) is 19.1 Å². The van der Waals surface area contributed by atoms with Crippen LogP contribution >= 0.6 is 0 Å². The second-order valence-electron chi connectivity index (χ2n) is 8.00. The zero-order valence-electron chi connectivity index (χ0n) is 16.7. The maximum absolute atomic E-state index is 13.5. The lowest BCUT2D eigenvalue weighted by molar-refractivity contribution is -0.389. The third-order valence-electron chi connectivity index (χ3n) is 5.25. The smallest absolute Gasteiger partial charge is 0.358 e. The monoisotopic (exact) mass is 447 g/mol. The number of alkyl halides is 3. The third-order valence-corrected chi connectivity index (χ3v) is 5.25. The van der Waals surface area contributed by atoms with Gasteiger partial charge < -0.3 is 35.3 Å². The topological polar surface area (TPSA) is 165 Å². The largest absolute Gasteiger partial charge is 0.390 e. The molecule has 0 bridgehead atoms. The molecular formula is C16H20F3N7O5. The van der Waals surface area contributed by atoms with Crippen molar-refractivity contribution in [3.05, 3.63) is 45.3 Å². The normalized spacial score (nSPS) is 16.4. The summed E-state index contributed by atoms with van der Waals surface area (Å²) in [6.45, 7) is 4.06. The molecule has 0 aromatic carbocycles. The van der Waals surface area contributed by atoms with E-state index in [1.54, 1.807) is 0 Å². The van der Waals surface area contributed by atoms with Gasteiger partial charge in [0, 0.05) is 5.54 Å². The third kappa shape index (κ3) is 4.70. The molecular weight excluding hydrogens is 427 g/mol. The molecule has 0 aliphatic heterocycles. The van der Waals surface area contributed by atoms with Gasteiger partial charge in [-0.25, -0.2) is 0 Å². The van der Waals surface area contributed by atoms with E-state index >= 15 is 0 Å². The fourth-order valence-corrected chi connectivity index (χ4v) is 3.48. The molecule has 2 aromatic rings. The van der Waals surface area contributed by atoms with Crippen molar-refractivity contribution in [2.75, 3.05) is 0 Å². The fraction of sp³-hybridized carbons (Fsp3) is 0.562. The number of halogens is 3. The van der Waals surface area contributed by atoms with Gasteiger partial charge >= 0.3 is 17.8 Å². The van der Waals surface area contributed by atoms with Crippen LogP contribution < -0.4 is 5.73 Å². The Morgan fingerprint density at radius 2 is 1.45 bits per heavy atom. The summed E-state index contributed by atoms with van der Waals surface area (Å²) in [5.41, 5.74) is 0.545. The molecule has 2 heterocycles. The summed E-state index contributed by atoms with van der Waals surface area (Å²) in [4.78, 5) is 39.4. The zero-order chi connectivity index (χ0) is 23.8. The highest BCUT2D eigenvalue weighted by Gasteiger charge is 2.55. The molecule has 2 rings (SSSR count). The Kier molecular flexibility index (Phi) is 5.95. The maximum Gasteiger partial charge on any atom is 0.390 e. The van der Waals surface area contributed by atoms with Crippen molar-refractivity contribution >= 4 is 17.9 Å². The van der Waals surface area contributed by atoms with Crippen LogP contribution in [0.2, 0.25) is 0 Å². The fourth-order valence-electron chi connectivity index (χ4n) is 3.48. The molecule has 0 saturated carbocycles. The summed E-state index contributed by atoms with van der Waals surface area (Å²) in [5, 5.41) is 21.9. The van der Waals surface area contributed by atoms with Crippen molar-refractivity contribution in [3.63, 3.8) is 0 Å². The Bertz CT molecular complexity index is 1000. The predicted octanol–water partition coefficient (Wildman–Crippen LogP) is 2.29. The van der Waals surface area contributed by atoms with Gasteiger partial charge in [0.15, 0.2) is 0 Å². The van der Waals surface area contributed by atoms with Gasteiger partial charge in [0.1, 0.15) is 24.2 Å². The Morgan fingerprint density at radius 3 is 1.84 bits per heavy atom. The molecule has 0 radical (unpaired) electrons. The first-order valence-corrected chi connectivity index (χ1v) is 8.74. The average Bonchev–Trinajstić information content (AvgIpc) is 3.28. The summed E-state index contributed by atoms with van der Waals surface area (Å²) >= 11 is 0. The number of nitrogens with zero attached hydrogens (tertiary/aromatic N) is 6. The number of carbonyl (C=O) groups excluding carboxylic acids is 1. The lowest BCUT2D eigenvalue weighted by atomic mass is 9.69. The van der Waals surface area contributed by atoms with Gasteiger partial charge in [-0.2, -0.15) is 13.2 Å². The van der Waals surface area contributed by atoms with E-state index < -0.39 is 57.1 Å². The molecule has 0 saturated heterocycles. The number of nitrogens with two attached hydrogens (primary N) is 1. The highest BCUT2D eigenvalue weighted by molar-refractivity contribution is 5.64. The second kappa shape index (κ2) is 7.72. The molecule has 12 nitrogen and oxygen atoms in total. The van der Waals surface area contributed by atoms with Crippen LogP contribution in [0.5, 0.6) is 0 Å². The minimum Gasteiger partial charge on any atom is -0.358 e. The van der Waals surface area contributed by atoms with Crippen LogP contribution in [0.25, 0.3) is 0 Å². The van der Waals surface area contributed by atoms with Gasteiger partial charge in [-0.1, -0.05) is 0 Å². The van der Waals surface area contributed by atoms with Crippen LogP contribution in [0, 0.1) is 20.2 Å². The minimum atomic E-state index is -4.80. The lowest BCUT2D eigenvalue weighted by Crippen LogP contribution is -2.64. The van der Waals surface area contributed by atoms with Crippen molar-refractivity contribution < 1.29 is 27.8 Å². The SMILES string of the molecule is CC(C)(CC(N)(CC(F)(F)F)C(C)(C=O)n1cnc([N+](=O)[O-])c1)n1cnc([N+](=O)[O-])c1. The van der Waals surface area contributed by atoms with Crippen molar-refractivity contribution in [2.45, 2.75) is 56.4 Å². The van der Waals surface area contributed by atoms with Crippen LogP contribution in [0.4, 0.5) is 24.8 Å². The number of carbonyl (C=O) groups is 1. The van der Waals surface area contributed by atoms with Gasteiger partial charge in [-0.15, -0.1) is 0 Å². The number of hydrogen-bond donors (Lipinski definition) is 1. The molecule has 0 aliphatic rings. The zero-order valence-corrected chi connectivity index (χ0v) is 16.7. The Balaban J connectivity index is 2.58. The number of nitro groups is 2. The number of aromatic nitrogens is 4. The van der Waals surface area contributed by atoms with Crippen LogP contribution in [-0.2, 0) is 15.9 Å². The Morgan fingerprint density at radius 1 is 1.00 bits per heavy atom. The van der Waals surface area contributed by atoms with E-state index in [1.165, 1.54) is 18.4 Å². The predicted molar refractivity (Wildman–Crippen MR) is 99.0 cm³/mol. The number of imidazole rings is 2. The molecule has 0 amide bonds. The van der Waals surface area contributed by atoms with E-state index in [0.717, 1.165) is 36.5 Å². The van der Waals surface area contributed by atoms with E-state index in [0.29, 0.717) is 0 Å². The molecule has 0 spiro atoms. The van der Waals surface area contributed by atoms with Crippen molar-refractivity contribution in [3.8, 4) is 0 Å². The first-order chi connectivity index (χ1) is 14.0. The molecule has 2 unspecified atom stereocenters. The van der Waals surface area contributed by atoms with Crippen molar-refractivity contribution in [2.24, 2.45) is 5.73 Å². The van der Waals surface area contributed by atoms with Gasteiger partial charge in [-0.3, -0.25) is 4.57 Å². The molecule has 2 N–H and O–H groups in total. The van der Waals surface area contributed by atoms with E-state index in [9.17, 15) is 38.2 Å². The molecule has 0 aliphatic carbocycles. The summed E-state index contributed by atoms with van der Waals surface area (Å²) in [6.07, 6.45) is -2.96. The standard InChI is InChI=1S/C16H20F3N7O5/c1-13(2,23-4-11(21-9-23)25(28)29)6-15(20,7-16(17,18)19)14(3,8-27)24-5-12(22-10-24)26(30)31/h4-5,8-10H,6-7,20H2,1-3H3. The van der Waals surface area contributed by atoms with Crippen LogP contribution in [0.15, 0.2) is 25.0 Å². The molecule has 0 fully saturated rings. The van der Waals surface area contributed by atoms with E-state index in [-0.39, 0.29) is 6.29 Å². The minimum absolute atomic E-state index is 0.177. The van der Waals surface area contributed by atoms with Crippen LogP contribution in [0.1, 0.15) is 33.6 Å². The summed E-state index contributed by atoms with van der Waals surface area (Å²) < 4.78 is 42.6. The summed E-state index contributed by atoms with van der Waals surface area (Å²) in [5.74, 6) is -1.19. The van der Waals surface area contributed by atoms with Gasteiger partial charge in [0.2, 0.25) is 12.7 Å². The number of aldehydes is 1. The van der Waals surface area contributed by atoms with Crippen LogP contribution in [-0.4, -0.2) is 47.0 Å². The Labute approximate surface area is 173 Å². The first-order valence-electron chi connectivity index (χ1n) is 8.74. The lowest BCUT2D eigenvalue weighted by Gasteiger charge is -2.47. The van der Waals surface area contributed by atoms with E-state index in [1.807, 2.05) is 0 Å². The highest BCUT2D eigenvalue weighted by atomic mass is 19.4. The first kappa shape index (κ1) is 23.9. The summed E-state index contributed by atoms with van der Waals surface area (Å²) in [6, 6.07) is 0. The van der Waals surface area contributed by atoms with Crippen molar-refractivity contribution in [1.29, 1.82) is 0 Å². The molecule has 170 valence electrons. The van der Waals surface area contributed by atoms with Crippen LogP contribution in [0.3, 0.4) is 0 Å². The maximum atomic E-state index is 13.5. The van der Waals surface area contributed by atoms with Gasteiger partial charge in [-0.05, 0) is 47.0 Å². The molecule has 15 heteroatoms. The highest BCUT2D eigenvalue weighted by Crippen LogP contribution is 2.43. The second-order valence-corrected chi connectivity index (χ2v) is 8.00. The molecule has 2 aromatic heterocycles. The molecule has 31 heavy (non-hydrogen) atoms. The molecule has 2 atom stereocenters. The average molecular weight is 447 g/mol. The van der Waals surface area contributed by atoms with Gasteiger partial charge in [0.25, 0.3) is 0 Å². The van der Waals surface area contributed by atoms with E-state index in [4.69, 9.17) is 5.73 Å². The number of rotatable bonds is 9. The Hall–Kier alpha value is -3.36. The number of hydrogen-bond acceptors (Lipinski definition) is 8.